The van der Waals surface area contributed by atoms with Crippen molar-refractivity contribution < 1.29 is 4.74 Å². The molecule has 0 aromatic heterocycles. The quantitative estimate of drug-likeness (QED) is 0.399. The average Bonchev–Trinajstić information content (AvgIpc) is 2.26. The van der Waals surface area contributed by atoms with Crippen LogP contribution in [0.25, 0.3) is 0 Å². The van der Waals surface area contributed by atoms with E-state index >= 15 is 0 Å². The zero-order valence-electron chi connectivity index (χ0n) is 9.22. The summed E-state index contributed by atoms with van der Waals surface area (Å²) in [5.74, 6) is 0.771. The minimum Gasteiger partial charge on any atom is -0.488 e. The topological polar surface area (TPSA) is 9.23 Å². The molecule has 0 atom stereocenters. The fraction of sp³-hybridized carbons (Fsp3) is 0.333. The third-order valence-electron chi connectivity index (χ3n) is 1.09. The molecule has 0 aromatic rings. The van der Waals surface area contributed by atoms with Gasteiger partial charge in [-0.2, -0.15) is 0 Å². The van der Waals surface area contributed by atoms with Crippen molar-refractivity contribution in [2.75, 3.05) is 6.61 Å². The monoisotopic (exact) mass is 258 g/mol. The van der Waals surface area contributed by atoms with E-state index < -0.39 is 0 Å². The molecule has 0 aromatic carbocycles. The van der Waals surface area contributed by atoms with Crippen molar-refractivity contribution in [3.05, 3.63) is 47.7 Å². The Morgan fingerprint density at radius 3 is 2.29 bits per heavy atom. The lowest BCUT2D eigenvalue weighted by Gasteiger charge is -2.04. The molecule has 0 N–H and O–H groups in total. The van der Waals surface area contributed by atoms with Crippen LogP contribution in [0.2, 0.25) is 0 Å². The van der Waals surface area contributed by atoms with Crippen LogP contribution in [0, 0.1) is 0 Å². The van der Waals surface area contributed by atoms with E-state index in [0.29, 0.717) is 6.61 Å². The molecule has 0 fully saturated rings. The Balaban J connectivity index is 0. The van der Waals surface area contributed by atoms with Gasteiger partial charge in [0.05, 0.1) is 4.48 Å². The molecular weight excluding hydrogens is 240 g/mol. The average molecular weight is 259 g/mol. The highest BCUT2D eigenvalue weighted by Gasteiger charge is 1.96. The van der Waals surface area contributed by atoms with Gasteiger partial charge < -0.3 is 4.74 Å². The van der Waals surface area contributed by atoms with E-state index in [1.807, 2.05) is 32.9 Å². The first-order chi connectivity index (χ1) is 6.76. The third kappa shape index (κ3) is 7.87. The molecule has 2 heteroatoms. The Labute approximate surface area is 96.0 Å². The summed E-state index contributed by atoms with van der Waals surface area (Å²) in [5.41, 5.74) is 0. The number of allylic oxidation sites excluding steroid dienone is 4. The van der Waals surface area contributed by atoms with E-state index in [4.69, 9.17) is 4.74 Å². The molecule has 0 heterocycles. The number of hydrogen-bond acceptors (Lipinski definition) is 1. The maximum atomic E-state index is 5.34. The maximum absolute atomic E-state index is 5.34. The molecule has 0 rings (SSSR count). The first kappa shape index (κ1) is 15.7. The van der Waals surface area contributed by atoms with E-state index in [1.54, 1.807) is 12.2 Å². The van der Waals surface area contributed by atoms with E-state index in [0.717, 1.165) is 10.2 Å². The van der Waals surface area contributed by atoms with Crippen molar-refractivity contribution >= 4 is 15.9 Å². The van der Waals surface area contributed by atoms with Crippen LogP contribution in [-0.4, -0.2) is 6.61 Å². The first-order valence-electron chi connectivity index (χ1n) is 4.64. The van der Waals surface area contributed by atoms with Crippen LogP contribution in [0.1, 0.15) is 20.8 Å². The molecule has 0 aliphatic heterocycles. The minimum absolute atomic E-state index is 0.503. The summed E-state index contributed by atoms with van der Waals surface area (Å²) in [7, 11) is 0. The van der Waals surface area contributed by atoms with E-state index in [9.17, 15) is 0 Å². The predicted octanol–water partition coefficient (Wildman–Crippen LogP) is 4.58. The predicted molar refractivity (Wildman–Crippen MR) is 68.5 cm³/mol. The second-order valence-electron chi connectivity index (χ2n) is 2.02. The number of hydrogen-bond donors (Lipinski definition) is 0. The highest BCUT2D eigenvalue weighted by atomic mass is 79.9. The Hall–Kier alpha value is -0.760. The van der Waals surface area contributed by atoms with E-state index in [1.165, 1.54) is 0 Å². The summed E-state index contributed by atoms with van der Waals surface area (Å²) < 4.78 is 6.19. The van der Waals surface area contributed by atoms with Crippen molar-refractivity contribution in [2.45, 2.75) is 20.8 Å². The molecule has 0 aliphatic rings. The molecule has 80 valence electrons. The summed E-state index contributed by atoms with van der Waals surface area (Å²) >= 11 is 3.33. The fourth-order valence-electron chi connectivity index (χ4n) is 0.597. The van der Waals surface area contributed by atoms with Crippen LogP contribution in [0.3, 0.4) is 0 Å². The van der Waals surface area contributed by atoms with Crippen LogP contribution < -0.4 is 0 Å². The lowest BCUT2D eigenvalue weighted by atomic mass is 10.4. The molecule has 0 saturated carbocycles. The number of halogens is 1. The molecule has 14 heavy (non-hydrogen) atoms. The molecule has 1 nitrogen and oxygen atoms in total. The molecule has 0 aliphatic carbocycles. The molecule has 0 saturated heterocycles. The second-order valence-corrected chi connectivity index (χ2v) is 2.87. The van der Waals surface area contributed by atoms with Crippen LogP contribution >= 0.6 is 15.9 Å². The first-order valence-corrected chi connectivity index (χ1v) is 5.44. The Bertz CT molecular complexity index is 214. The van der Waals surface area contributed by atoms with Gasteiger partial charge in [-0.25, -0.2) is 0 Å². The van der Waals surface area contributed by atoms with Gasteiger partial charge in [0, 0.05) is 0 Å². The van der Waals surface area contributed by atoms with Crippen molar-refractivity contribution in [2.24, 2.45) is 0 Å². The zero-order chi connectivity index (χ0) is 11.4. The van der Waals surface area contributed by atoms with Gasteiger partial charge in [0.1, 0.15) is 12.4 Å². The maximum Gasteiger partial charge on any atom is 0.133 e. The number of rotatable bonds is 5. The highest BCUT2D eigenvalue weighted by molar-refractivity contribution is 9.11. The molecule has 0 unspecified atom stereocenters. The summed E-state index contributed by atoms with van der Waals surface area (Å²) in [4.78, 5) is 0. The number of ether oxygens (including phenoxy) is 1. The van der Waals surface area contributed by atoms with Crippen LogP contribution in [0.4, 0.5) is 0 Å². The van der Waals surface area contributed by atoms with Gasteiger partial charge >= 0.3 is 0 Å². The van der Waals surface area contributed by atoms with E-state index in [-0.39, 0.29) is 0 Å². The second kappa shape index (κ2) is 12.2. The molecule has 0 amide bonds. The van der Waals surface area contributed by atoms with Gasteiger partial charge in [-0.05, 0) is 28.9 Å². The SMILES string of the molecule is C=CCOC(/C=C\C)=C(\Br)C=C.CC. The van der Waals surface area contributed by atoms with Gasteiger partial charge in [-0.3, -0.25) is 0 Å². The Kier molecular flexibility index (Phi) is 13.7. The molecule has 0 radical (unpaired) electrons. The summed E-state index contributed by atoms with van der Waals surface area (Å²) in [6.07, 6.45) is 7.17. The van der Waals surface area contributed by atoms with Crippen LogP contribution in [-0.2, 0) is 4.74 Å². The van der Waals surface area contributed by atoms with E-state index in [2.05, 4.69) is 29.1 Å². The van der Waals surface area contributed by atoms with Crippen molar-refractivity contribution in [3.8, 4) is 0 Å². The lowest BCUT2D eigenvalue weighted by Crippen LogP contribution is -1.90. The zero-order valence-corrected chi connectivity index (χ0v) is 10.8. The van der Waals surface area contributed by atoms with Crippen molar-refractivity contribution in [1.82, 2.24) is 0 Å². The van der Waals surface area contributed by atoms with Gasteiger partial charge in [0.25, 0.3) is 0 Å². The summed E-state index contributed by atoms with van der Waals surface area (Å²) in [5, 5.41) is 0. The third-order valence-corrected chi connectivity index (χ3v) is 1.80. The van der Waals surface area contributed by atoms with Crippen LogP contribution in [0.5, 0.6) is 0 Å². The highest BCUT2D eigenvalue weighted by Crippen LogP contribution is 2.15. The lowest BCUT2D eigenvalue weighted by molar-refractivity contribution is 0.261. The van der Waals surface area contributed by atoms with Crippen LogP contribution in [0.15, 0.2) is 47.7 Å². The smallest absolute Gasteiger partial charge is 0.133 e. The molecule has 0 spiro atoms. The Morgan fingerprint density at radius 1 is 1.36 bits per heavy atom. The standard InChI is InChI=1S/C10H13BrO.C2H6/c1-4-7-10(9(11)6-3)12-8-5-2;1-2/h4-7H,2-3,8H2,1H3;1-2H3/b7-4-,10-9-;. The van der Waals surface area contributed by atoms with Crippen molar-refractivity contribution in [3.63, 3.8) is 0 Å². The minimum atomic E-state index is 0.503. The molecule has 0 bridgehead atoms. The van der Waals surface area contributed by atoms with Gasteiger partial charge in [-0.15, -0.1) is 0 Å². The fourth-order valence-corrected chi connectivity index (χ4v) is 0.844. The molecular formula is C12H19BrO. The summed E-state index contributed by atoms with van der Waals surface area (Å²) in [6, 6.07) is 0. The van der Waals surface area contributed by atoms with Gasteiger partial charge in [0.15, 0.2) is 0 Å². The van der Waals surface area contributed by atoms with Gasteiger partial charge in [0.2, 0.25) is 0 Å². The Morgan fingerprint density at radius 2 is 1.93 bits per heavy atom. The largest absolute Gasteiger partial charge is 0.488 e. The van der Waals surface area contributed by atoms with Gasteiger partial charge in [-0.1, -0.05) is 45.2 Å². The normalized spacial score (nSPS) is 11.1. The van der Waals surface area contributed by atoms with Crippen molar-refractivity contribution in [1.29, 1.82) is 0 Å². The summed E-state index contributed by atoms with van der Waals surface area (Å²) in [6.45, 7) is 13.6.